The Morgan fingerprint density at radius 2 is 1.23 bits per heavy atom. The first-order valence-corrected chi connectivity index (χ1v) is 9.09. The lowest BCUT2D eigenvalue weighted by Crippen LogP contribution is -2.22. The number of unbranched alkanes of at least 4 members (excludes halogenated alkanes) is 11. The molecule has 4 nitrogen and oxygen atoms in total. The highest BCUT2D eigenvalue weighted by atomic mass is 16.4. The maximum Gasteiger partial charge on any atom is 0.307 e. The van der Waals surface area contributed by atoms with Crippen LogP contribution < -0.4 is 5.73 Å². The molecule has 0 heterocycles. The highest BCUT2D eigenvalue weighted by Crippen LogP contribution is 2.16. The monoisotopic (exact) mass is 313 g/mol. The first kappa shape index (κ1) is 20.9. The summed E-state index contributed by atoms with van der Waals surface area (Å²) in [7, 11) is 0. The van der Waals surface area contributed by atoms with E-state index in [0.29, 0.717) is 6.42 Å². The minimum atomic E-state index is -0.901. The minimum Gasteiger partial charge on any atom is -0.481 e. The Morgan fingerprint density at radius 3 is 1.59 bits per heavy atom. The van der Waals surface area contributed by atoms with Gasteiger partial charge in [-0.05, 0) is 6.42 Å². The van der Waals surface area contributed by atoms with E-state index in [2.05, 4.69) is 6.92 Å². The summed E-state index contributed by atoms with van der Waals surface area (Å²) in [5.41, 5.74) is 5.07. The third-order valence-corrected chi connectivity index (χ3v) is 4.20. The molecule has 1 amide bonds. The zero-order valence-corrected chi connectivity index (χ0v) is 14.3. The van der Waals surface area contributed by atoms with Crippen LogP contribution in [0.25, 0.3) is 0 Å². The summed E-state index contributed by atoms with van der Waals surface area (Å²) in [6, 6.07) is 0. The molecule has 0 aliphatic rings. The van der Waals surface area contributed by atoms with Crippen molar-refractivity contribution in [3.8, 4) is 0 Å². The number of hydrogen-bond acceptors (Lipinski definition) is 2. The normalized spacial score (nSPS) is 12.2. The second-order valence-corrected chi connectivity index (χ2v) is 6.38. The maximum atomic E-state index is 11.0. The van der Waals surface area contributed by atoms with Gasteiger partial charge in [0.05, 0.1) is 5.92 Å². The molecule has 0 rings (SSSR count). The van der Waals surface area contributed by atoms with Crippen LogP contribution in [0.4, 0.5) is 0 Å². The van der Waals surface area contributed by atoms with Crippen LogP contribution >= 0.6 is 0 Å². The van der Waals surface area contributed by atoms with E-state index in [1.807, 2.05) is 0 Å². The number of primary amides is 1. The fourth-order valence-corrected chi connectivity index (χ4v) is 2.79. The van der Waals surface area contributed by atoms with Crippen molar-refractivity contribution in [2.24, 2.45) is 11.7 Å². The fourth-order valence-electron chi connectivity index (χ4n) is 2.79. The Labute approximate surface area is 135 Å². The fraction of sp³-hybridized carbons (Fsp3) is 0.889. The van der Waals surface area contributed by atoms with E-state index in [-0.39, 0.29) is 6.42 Å². The summed E-state index contributed by atoms with van der Waals surface area (Å²) in [4.78, 5) is 21.8. The average Bonchev–Trinajstić information content (AvgIpc) is 2.46. The summed E-state index contributed by atoms with van der Waals surface area (Å²) < 4.78 is 0. The average molecular weight is 313 g/mol. The predicted molar refractivity (Wildman–Crippen MR) is 90.6 cm³/mol. The molecule has 0 aliphatic heterocycles. The van der Waals surface area contributed by atoms with Crippen molar-refractivity contribution >= 4 is 11.9 Å². The number of hydrogen-bond donors (Lipinski definition) is 2. The van der Waals surface area contributed by atoms with E-state index in [1.165, 1.54) is 64.2 Å². The topological polar surface area (TPSA) is 80.4 Å². The van der Waals surface area contributed by atoms with E-state index < -0.39 is 17.8 Å². The van der Waals surface area contributed by atoms with Gasteiger partial charge in [0.2, 0.25) is 5.91 Å². The molecule has 3 N–H and O–H groups in total. The molecule has 0 saturated heterocycles. The van der Waals surface area contributed by atoms with Gasteiger partial charge in [-0.1, -0.05) is 84.0 Å². The van der Waals surface area contributed by atoms with Crippen molar-refractivity contribution in [2.75, 3.05) is 0 Å². The number of amides is 1. The highest BCUT2D eigenvalue weighted by molar-refractivity contribution is 5.80. The van der Waals surface area contributed by atoms with Crippen molar-refractivity contribution in [2.45, 2.75) is 96.8 Å². The molecule has 0 aromatic carbocycles. The van der Waals surface area contributed by atoms with Gasteiger partial charge >= 0.3 is 5.97 Å². The number of carboxylic acids is 1. The van der Waals surface area contributed by atoms with E-state index in [1.54, 1.807) is 0 Å². The predicted octanol–water partition coefficient (Wildman–Crippen LogP) is 4.65. The van der Waals surface area contributed by atoms with Gasteiger partial charge in [-0.15, -0.1) is 0 Å². The van der Waals surface area contributed by atoms with Crippen LogP contribution in [-0.2, 0) is 9.59 Å². The van der Waals surface area contributed by atoms with Crippen molar-refractivity contribution in [3.05, 3.63) is 0 Å². The molecule has 1 unspecified atom stereocenters. The van der Waals surface area contributed by atoms with E-state index in [9.17, 15) is 9.59 Å². The van der Waals surface area contributed by atoms with Gasteiger partial charge in [0.15, 0.2) is 0 Å². The van der Waals surface area contributed by atoms with Gasteiger partial charge in [0.1, 0.15) is 0 Å². The molecular formula is C18H35NO3. The second kappa shape index (κ2) is 14.9. The van der Waals surface area contributed by atoms with Crippen LogP contribution in [0.15, 0.2) is 0 Å². The van der Waals surface area contributed by atoms with Crippen molar-refractivity contribution in [1.29, 1.82) is 0 Å². The van der Waals surface area contributed by atoms with Crippen LogP contribution in [0.3, 0.4) is 0 Å². The van der Waals surface area contributed by atoms with Crippen molar-refractivity contribution in [1.82, 2.24) is 0 Å². The Balaban J connectivity index is 3.35. The molecule has 0 radical (unpaired) electrons. The summed E-state index contributed by atoms with van der Waals surface area (Å²) in [5, 5.41) is 8.99. The standard InChI is InChI=1S/C18H35NO3/c1-2-3-4-5-6-7-8-9-10-11-12-13-14-16(18(21)22)15-17(19)20/h16H,2-15H2,1H3,(H2,19,20)(H,21,22). The molecule has 0 saturated carbocycles. The SMILES string of the molecule is CCCCCCCCCCCCCCC(CC(N)=O)C(=O)O. The molecule has 0 spiro atoms. The first-order chi connectivity index (χ1) is 10.6. The summed E-state index contributed by atoms with van der Waals surface area (Å²) >= 11 is 0. The molecule has 0 aromatic heterocycles. The van der Waals surface area contributed by atoms with Gasteiger partial charge < -0.3 is 10.8 Å². The Bertz CT molecular complexity index is 292. The molecule has 0 bridgehead atoms. The molecule has 4 heteroatoms. The third kappa shape index (κ3) is 13.9. The van der Waals surface area contributed by atoms with Gasteiger partial charge in [-0.3, -0.25) is 9.59 Å². The quantitative estimate of drug-likeness (QED) is 0.407. The zero-order chi connectivity index (χ0) is 16.6. The summed E-state index contributed by atoms with van der Waals surface area (Å²) in [5.74, 6) is -2.02. The Morgan fingerprint density at radius 1 is 0.818 bits per heavy atom. The van der Waals surface area contributed by atoms with Gasteiger partial charge in [0, 0.05) is 6.42 Å². The number of carbonyl (C=O) groups excluding carboxylic acids is 1. The molecule has 0 aromatic rings. The molecule has 22 heavy (non-hydrogen) atoms. The van der Waals surface area contributed by atoms with Crippen LogP contribution in [0, 0.1) is 5.92 Å². The largest absolute Gasteiger partial charge is 0.481 e. The lowest BCUT2D eigenvalue weighted by atomic mass is 9.97. The van der Waals surface area contributed by atoms with E-state index in [0.717, 1.165) is 12.8 Å². The minimum absolute atomic E-state index is 0.0344. The van der Waals surface area contributed by atoms with Crippen molar-refractivity contribution in [3.63, 3.8) is 0 Å². The second-order valence-electron chi connectivity index (χ2n) is 6.38. The van der Waals surface area contributed by atoms with Crippen molar-refractivity contribution < 1.29 is 14.7 Å². The third-order valence-electron chi connectivity index (χ3n) is 4.20. The number of rotatable bonds is 16. The van der Waals surface area contributed by atoms with Crippen LogP contribution in [0.5, 0.6) is 0 Å². The summed E-state index contributed by atoms with van der Waals surface area (Å²) in [6.07, 6.45) is 15.6. The van der Waals surface area contributed by atoms with Gasteiger partial charge in [-0.25, -0.2) is 0 Å². The Kier molecular flexibility index (Phi) is 14.1. The number of carboxylic acid groups (broad SMARTS) is 1. The lowest BCUT2D eigenvalue weighted by Gasteiger charge is -2.09. The molecule has 1 atom stereocenters. The van der Waals surface area contributed by atoms with Gasteiger partial charge in [-0.2, -0.15) is 0 Å². The number of aliphatic carboxylic acids is 1. The van der Waals surface area contributed by atoms with E-state index in [4.69, 9.17) is 10.8 Å². The zero-order valence-electron chi connectivity index (χ0n) is 14.3. The smallest absolute Gasteiger partial charge is 0.307 e. The molecule has 0 aliphatic carbocycles. The lowest BCUT2D eigenvalue weighted by molar-refractivity contribution is -0.144. The molecule has 130 valence electrons. The Hall–Kier alpha value is -1.06. The first-order valence-electron chi connectivity index (χ1n) is 9.09. The maximum absolute atomic E-state index is 11.0. The van der Waals surface area contributed by atoms with E-state index >= 15 is 0 Å². The number of carbonyl (C=O) groups is 2. The summed E-state index contributed by atoms with van der Waals surface area (Å²) in [6.45, 7) is 2.24. The van der Waals surface area contributed by atoms with Crippen LogP contribution in [0.1, 0.15) is 96.8 Å². The number of nitrogens with two attached hydrogens (primary N) is 1. The highest BCUT2D eigenvalue weighted by Gasteiger charge is 2.18. The van der Waals surface area contributed by atoms with Crippen LogP contribution in [-0.4, -0.2) is 17.0 Å². The molecular weight excluding hydrogens is 278 g/mol. The van der Waals surface area contributed by atoms with Gasteiger partial charge in [0.25, 0.3) is 0 Å². The van der Waals surface area contributed by atoms with Crippen LogP contribution in [0.2, 0.25) is 0 Å². The molecule has 0 fully saturated rings.